The molecular weight excluding hydrogens is 260 g/mol. The number of rotatable bonds is 3. The van der Waals surface area contributed by atoms with Gasteiger partial charge in [0.15, 0.2) is 0 Å². The van der Waals surface area contributed by atoms with E-state index < -0.39 is 6.04 Å². The molecule has 0 spiro atoms. The van der Waals surface area contributed by atoms with Gasteiger partial charge in [0.1, 0.15) is 11.2 Å². The molecule has 1 aromatic rings. The Hall–Kier alpha value is -1.89. The number of aromatic nitrogens is 2. The lowest BCUT2D eigenvalue weighted by molar-refractivity contribution is -0.122. The second-order valence-electron chi connectivity index (χ2n) is 3.70. The van der Waals surface area contributed by atoms with Gasteiger partial charge < -0.3 is 10.1 Å². The van der Waals surface area contributed by atoms with Crippen LogP contribution < -0.4 is 15.4 Å². The Morgan fingerprint density at radius 2 is 2.39 bits per heavy atom. The summed E-state index contributed by atoms with van der Waals surface area (Å²) in [7, 11) is 1.43. The maximum atomic E-state index is 11.8. The number of ether oxygens (including phenoxy) is 1. The van der Waals surface area contributed by atoms with Gasteiger partial charge in [0, 0.05) is 12.5 Å². The molecule has 2 amide bonds. The van der Waals surface area contributed by atoms with Crippen LogP contribution in [0.2, 0.25) is 5.15 Å². The molecule has 2 heterocycles. The largest absolute Gasteiger partial charge is 0.481 e. The first kappa shape index (κ1) is 12.6. The van der Waals surface area contributed by atoms with Crippen LogP contribution >= 0.6 is 11.6 Å². The molecule has 96 valence electrons. The maximum Gasteiger partial charge on any atom is 0.249 e. The van der Waals surface area contributed by atoms with Crippen LogP contribution in [0.5, 0.6) is 5.88 Å². The Bertz CT molecular complexity index is 494. The molecular formula is C10H11ClN4O3. The summed E-state index contributed by atoms with van der Waals surface area (Å²) in [5.41, 5.74) is 0. The number of halogens is 1. The van der Waals surface area contributed by atoms with Crippen molar-refractivity contribution in [3.63, 3.8) is 0 Å². The zero-order valence-corrected chi connectivity index (χ0v) is 10.3. The first-order valence-corrected chi connectivity index (χ1v) is 5.65. The highest BCUT2D eigenvalue weighted by molar-refractivity contribution is 6.29. The van der Waals surface area contributed by atoms with Gasteiger partial charge in [0.05, 0.1) is 7.11 Å². The smallest absolute Gasteiger partial charge is 0.249 e. The van der Waals surface area contributed by atoms with Crippen molar-refractivity contribution in [2.24, 2.45) is 0 Å². The van der Waals surface area contributed by atoms with Crippen LogP contribution in [-0.2, 0) is 9.59 Å². The number of nitrogens with zero attached hydrogens (tertiary/aromatic N) is 2. The normalized spacial score (nSPS) is 18.3. The third-order valence-electron chi connectivity index (χ3n) is 2.43. The Balaban J connectivity index is 2.07. The number of amides is 2. The van der Waals surface area contributed by atoms with Crippen LogP contribution in [0.25, 0.3) is 0 Å². The van der Waals surface area contributed by atoms with Crippen molar-refractivity contribution in [3.8, 4) is 5.88 Å². The fourth-order valence-electron chi connectivity index (χ4n) is 1.57. The predicted octanol–water partition coefficient (Wildman–Crippen LogP) is 0.356. The summed E-state index contributed by atoms with van der Waals surface area (Å²) in [6.07, 6.45) is 0.806. The molecule has 0 aliphatic carbocycles. The number of methoxy groups -OCH3 is 1. The lowest BCUT2D eigenvalue weighted by Crippen LogP contribution is -2.37. The summed E-state index contributed by atoms with van der Waals surface area (Å²) in [4.78, 5) is 30.5. The fourth-order valence-corrected chi connectivity index (χ4v) is 1.74. The van der Waals surface area contributed by atoms with E-state index in [4.69, 9.17) is 16.3 Å². The van der Waals surface area contributed by atoms with Gasteiger partial charge >= 0.3 is 0 Å². The molecule has 1 aromatic heterocycles. The van der Waals surface area contributed by atoms with Crippen LogP contribution in [0.4, 0.5) is 5.95 Å². The van der Waals surface area contributed by atoms with Crippen molar-refractivity contribution < 1.29 is 14.3 Å². The Kier molecular flexibility index (Phi) is 3.61. The first-order chi connectivity index (χ1) is 8.58. The zero-order chi connectivity index (χ0) is 13.1. The number of nitrogens with one attached hydrogen (secondary N) is 2. The minimum Gasteiger partial charge on any atom is -0.481 e. The maximum absolute atomic E-state index is 11.8. The molecule has 1 fully saturated rings. The van der Waals surface area contributed by atoms with Crippen LogP contribution in [0, 0.1) is 0 Å². The fraction of sp³-hybridized carbons (Fsp3) is 0.400. The SMILES string of the molecule is COc1cc(Cl)nc(NC(=O)C2CCC(=O)N2)n1. The van der Waals surface area contributed by atoms with Gasteiger partial charge in [-0.25, -0.2) is 4.98 Å². The standard InChI is InChI=1S/C10H11ClN4O3/c1-18-8-4-6(11)13-10(14-8)15-9(17)5-2-3-7(16)12-5/h4-5H,2-3H2,1H3,(H,12,16)(H,13,14,15,17). The van der Waals surface area contributed by atoms with Crippen LogP contribution in [0.15, 0.2) is 6.07 Å². The zero-order valence-electron chi connectivity index (χ0n) is 9.57. The molecule has 0 saturated carbocycles. The molecule has 0 radical (unpaired) electrons. The van der Waals surface area contributed by atoms with Gasteiger partial charge in [-0.2, -0.15) is 4.98 Å². The van der Waals surface area contributed by atoms with Crippen molar-refractivity contribution >= 4 is 29.4 Å². The molecule has 7 nitrogen and oxygen atoms in total. The summed E-state index contributed by atoms with van der Waals surface area (Å²) in [6, 6.07) is 0.875. The molecule has 1 aliphatic rings. The Labute approximate surface area is 108 Å². The molecule has 18 heavy (non-hydrogen) atoms. The minimum absolute atomic E-state index is 0.0468. The van der Waals surface area contributed by atoms with Crippen molar-refractivity contribution in [1.29, 1.82) is 0 Å². The summed E-state index contributed by atoms with van der Waals surface area (Å²) in [6.45, 7) is 0. The summed E-state index contributed by atoms with van der Waals surface area (Å²) in [5, 5.41) is 5.19. The second-order valence-corrected chi connectivity index (χ2v) is 4.09. The number of hydrogen-bond acceptors (Lipinski definition) is 5. The topological polar surface area (TPSA) is 93.2 Å². The molecule has 1 saturated heterocycles. The van der Waals surface area contributed by atoms with E-state index in [2.05, 4.69) is 20.6 Å². The molecule has 1 atom stereocenters. The van der Waals surface area contributed by atoms with Crippen molar-refractivity contribution in [1.82, 2.24) is 15.3 Å². The van der Waals surface area contributed by atoms with E-state index in [-0.39, 0.29) is 28.8 Å². The average Bonchev–Trinajstić information content (AvgIpc) is 2.75. The molecule has 1 unspecified atom stereocenters. The number of carbonyl (C=O) groups excluding carboxylic acids is 2. The average molecular weight is 271 g/mol. The molecule has 2 rings (SSSR count). The molecule has 1 aliphatic heterocycles. The Morgan fingerprint density at radius 3 is 3.00 bits per heavy atom. The van der Waals surface area contributed by atoms with Crippen LogP contribution in [0.3, 0.4) is 0 Å². The van der Waals surface area contributed by atoms with Gasteiger partial charge in [-0.05, 0) is 6.42 Å². The minimum atomic E-state index is -0.550. The van der Waals surface area contributed by atoms with Gasteiger partial charge in [-0.1, -0.05) is 11.6 Å². The summed E-state index contributed by atoms with van der Waals surface area (Å²) in [5.74, 6) is -0.212. The van der Waals surface area contributed by atoms with Crippen LogP contribution in [-0.4, -0.2) is 34.9 Å². The van der Waals surface area contributed by atoms with Crippen LogP contribution in [0.1, 0.15) is 12.8 Å². The van der Waals surface area contributed by atoms with E-state index in [1.165, 1.54) is 13.2 Å². The van der Waals surface area contributed by atoms with E-state index in [9.17, 15) is 9.59 Å². The van der Waals surface area contributed by atoms with Crippen molar-refractivity contribution in [2.45, 2.75) is 18.9 Å². The number of anilines is 1. The number of hydrogen-bond donors (Lipinski definition) is 2. The lowest BCUT2D eigenvalue weighted by atomic mass is 10.2. The lowest BCUT2D eigenvalue weighted by Gasteiger charge is -2.10. The highest BCUT2D eigenvalue weighted by atomic mass is 35.5. The monoisotopic (exact) mass is 270 g/mol. The van der Waals surface area contributed by atoms with E-state index in [1.54, 1.807) is 0 Å². The van der Waals surface area contributed by atoms with Gasteiger partial charge in [-0.15, -0.1) is 0 Å². The number of carbonyl (C=O) groups is 2. The molecule has 8 heteroatoms. The summed E-state index contributed by atoms with van der Waals surface area (Å²) >= 11 is 5.74. The van der Waals surface area contributed by atoms with E-state index >= 15 is 0 Å². The highest BCUT2D eigenvalue weighted by Crippen LogP contribution is 2.16. The van der Waals surface area contributed by atoms with Crippen molar-refractivity contribution in [2.75, 3.05) is 12.4 Å². The quantitative estimate of drug-likeness (QED) is 0.774. The first-order valence-electron chi connectivity index (χ1n) is 5.27. The van der Waals surface area contributed by atoms with E-state index in [1.807, 2.05) is 0 Å². The third-order valence-corrected chi connectivity index (χ3v) is 2.62. The predicted molar refractivity (Wildman–Crippen MR) is 63.4 cm³/mol. The third kappa shape index (κ3) is 2.86. The molecule has 2 N–H and O–H groups in total. The van der Waals surface area contributed by atoms with E-state index in [0.29, 0.717) is 12.8 Å². The van der Waals surface area contributed by atoms with Gasteiger partial charge in [0.25, 0.3) is 0 Å². The second kappa shape index (κ2) is 5.18. The summed E-state index contributed by atoms with van der Waals surface area (Å²) < 4.78 is 4.90. The highest BCUT2D eigenvalue weighted by Gasteiger charge is 2.27. The van der Waals surface area contributed by atoms with Gasteiger partial charge in [0.2, 0.25) is 23.6 Å². The molecule has 0 bridgehead atoms. The van der Waals surface area contributed by atoms with Gasteiger partial charge in [-0.3, -0.25) is 14.9 Å². The van der Waals surface area contributed by atoms with E-state index in [0.717, 1.165) is 0 Å². The van der Waals surface area contributed by atoms with Crippen molar-refractivity contribution in [3.05, 3.63) is 11.2 Å². The Morgan fingerprint density at radius 1 is 1.61 bits per heavy atom. The molecule has 0 aromatic carbocycles.